The molecule has 0 heterocycles. The van der Waals surface area contributed by atoms with E-state index >= 15 is 0 Å². The van der Waals surface area contributed by atoms with E-state index in [9.17, 15) is 17.6 Å². The van der Waals surface area contributed by atoms with Gasteiger partial charge in [-0.15, -0.1) is 0 Å². The molecule has 2 aromatic rings. The van der Waals surface area contributed by atoms with Crippen LogP contribution in [0.4, 0.5) is 10.1 Å². The first-order valence-corrected chi connectivity index (χ1v) is 8.15. The fourth-order valence-electron chi connectivity index (χ4n) is 2.05. The van der Waals surface area contributed by atoms with Crippen LogP contribution in [-0.4, -0.2) is 28.5 Å². The molecular weight excluding hydrogens is 321 g/mol. The Balaban J connectivity index is 2.53. The number of carbonyl (C=O) groups excluding carboxylic acids is 1. The number of carbonyl (C=O) groups is 1. The lowest BCUT2D eigenvalue weighted by Gasteiger charge is -2.21. The van der Waals surface area contributed by atoms with Gasteiger partial charge in [0.2, 0.25) is 0 Å². The lowest BCUT2D eigenvalue weighted by molar-refractivity contribution is 0.0601. The van der Waals surface area contributed by atoms with Gasteiger partial charge in [0.25, 0.3) is 10.0 Å². The third-order valence-corrected chi connectivity index (χ3v) is 5.22. The van der Waals surface area contributed by atoms with Crippen molar-refractivity contribution in [1.82, 2.24) is 0 Å². The van der Waals surface area contributed by atoms with Crippen molar-refractivity contribution in [3.8, 4) is 0 Å². The van der Waals surface area contributed by atoms with Crippen LogP contribution in [0.25, 0.3) is 0 Å². The lowest BCUT2D eigenvalue weighted by atomic mass is 10.2. The first-order valence-electron chi connectivity index (χ1n) is 6.71. The van der Waals surface area contributed by atoms with Crippen molar-refractivity contribution in [2.24, 2.45) is 0 Å². The van der Waals surface area contributed by atoms with Gasteiger partial charge in [0.05, 0.1) is 23.3 Å². The first kappa shape index (κ1) is 17.0. The summed E-state index contributed by atoms with van der Waals surface area (Å²) in [5.41, 5.74) is 0.607. The van der Waals surface area contributed by atoms with Crippen molar-refractivity contribution < 1.29 is 22.3 Å². The number of nitrogens with zero attached hydrogens (tertiary/aromatic N) is 1. The van der Waals surface area contributed by atoms with Gasteiger partial charge in [-0.2, -0.15) is 0 Å². The normalized spacial score (nSPS) is 11.1. The van der Waals surface area contributed by atoms with E-state index in [-0.39, 0.29) is 16.1 Å². The second kappa shape index (κ2) is 6.37. The maximum Gasteiger partial charge on any atom is 0.340 e. The Hall–Kier alpha value is -2.41. The highest BCUT2D eigenvalue weighted by Crippen LogP contribution is 2.26. The molecule has 0 radical (unpaired) electrons. The summed E-state index contributed by atoms with van der Waals surface area (Å²) >= 11 is 0. The van der Waals surface area contributed by atoms with Crippen molar-refractivity contribution >= 4 is 21.7 Å². The summed E-state index contributed by atoms with van der Waals surface area (Å²) in [5, 5.41) is 0. The van der Waals surface area contributed by atoms with Crippen LogP contribution in [0.3, 0.4) is 0 Å². The number of anilines is 1. The van der Waals surface area contributed by atoms with Crippen LogP contribution in [0.2, 0.25) is 0 Å². The maximum absolute atomic E-state index is 13.7. The Kier molecular flexibility index (Phi) is 4.70. The zero-order valence-electron chi connectivity index (χ0n) is 12.9. The summed E-state index contributed by atoms with van der Waals surface area (Å²) in [6, 6.07) is 9.82. The minimum absolute atomic E-state index is 0.105. The van der Waals surface area contributed by atoms with Gasteiger partial charge in [0.1, 0.15) is 5.82 Å². The van der Waals surface area contributed by atoms with Crippen LogP contribution >= 0.6 is 0 Å². The number of rotatable bonds is 4. The van der Waals surface area contributed by atoms with Gasteiger partial charge in [-0.25, -0.2) is 17.6 Å². The summed E-state index contributed by atoms with van der Waals surface area (Å²) in [6.07, 6.45) is 0. The zero-order chi connectivity index (χ0) is 17.2. The highest BCUT2D eigenvalue weighted by Gasteiger charge is 2.25. The molecule has 0 aliphatic rings. The second-order valence-corrected chi connectivity index (χ2v) is 6.86. The molecule has 0 N–H and O–H groups in total. The maximum atomic E-state index is 13.7. The Morgan fingerprint density at radius 2 is 1.83 bits per heavy atom. The minimum atomic E-state index is -4.01. The third-order valence-electron chi connectivity index (χ3n) is 3.45. The van der Waals surface area contributed by atoms with E-state index < -0.39 is 21.8 Å². The van der Waals surface area contributed by atoms with Gasteiger partial charge in [0, 0.05) is 7.05 Å². The SMILES string of the molecule is COC(=O)c1ccccc1N(C)S(=O)(=O)c1ccc(C)c(F)c1. The van der Waals surface area contributed by atoms with Crippen molar-refractivity contribution in [2.75, 3.05) is 18.5 Å². The summed E-state index contributed by atoms with van der Waals surface area (Å²) in [5.74, 6) is -1.27. The molecule has 0 aliphatic carbocycles. The van der Waals surface area contributed by atoms with Crippen LogP contribution in [0.15, 0.2) is 47.4 Å². The van der Waals surface area contributed by atoms with Crippen LogP contribution in [0.5, 0.6) is 0 Å². The van der Waals surface area contributed by atoms with E-state index in [0.29, 0.717) is 5.56 Å². The number of halogens is 1. The molecule has 23 heavy (non-hydrogen) atoms. The standard InChI is InChI=1S/C16H16FNO4S/c1-11-8-9-12(10-14(11)17)23(20,21)18(2)15-7-5-4-6-13(15)16(19)22-3/h4-10H,1-3H3. The predicted molar refractivity (Wildman–Crippen MR) is 84.5 cm³/mol. The molecule has 0 atom stereocenters. The topological polar surface area (TPSA) is 63.7 Å². The lowest BCUT2D eigenvalue weighted by Crippen LogP contribution is -2.28. The molecule has 2 aromatic carbocycles. The number of ether oxygens (including phenoxy) is 1. The largest absolute Gasteiger partial charge is 0.465 e. The molecule has 2 rings (SSSR count). The zero-order valence-corrected chi connectivity index (χ0v) is 13.7. The number of benzene rings is 2. The Bertz CT molecular complexity index is 849. The average Bonchev–Trinajstić information content (AvgIpc) is 2.55. The molecule has 0 spiro atoms. The van der Waals surface area contributed by atoms with Crippen molar-refractivity contribution in [1.29, 1.82) is 0 Å². The molecule has 0 amide bonds. The number of sulfonamides is 1. The fraction of sp³-hybridized carbons (Fsp3) is 0.188. The smallest absolute Gasteiger partial charge is 0.340 e. The molecule has 0 aromatic heterocycles. The first-order chi connectivity index (χ1) is 10.8. The molecule has 0 fully saturated rings. The van der Waals surface area contributed by atoms with Gasteiger partial charge < -0.3 is 4.74 Å². The monoisotopic (exact) mass is 337 g/mol. The molecule has 122 valence electrons. The third kappa shape index (κ3) is 3.19. The van der Waals surface area contributed by atoms with Crippen LogP contribution in [-0.2, 0) is 14.8 Å². The molecule has 0 unspecified atom stereocenters. The number of methoxy groups -OCH3 is 1. The Morgan fingerprint density at radius 1 is 1.17 bits per heavy atom. The number of esters is 1. The van der Waals surface area contributed by atoms with Crippen LogP contribution in [0.1, 0.15) is 15.9 Å². The van der Waals surface area contributed by atoms with E-state index in [4.69, 9.17) is 0 Å². The van der Waals surface area contributed by atoms with Gasteiger partial charge in [-0.3, -0.25) is 4.31 Å². The number of para-hydroxylation sites is 1. The molecule has 0 bridgehead atoms. The number of hydrogen-bond donors (Lipinski definition) is 0. The summed E-state index contributed by atoms with van der Waals surface area (Å²) < 4.78 is 44.6. The molecule has 0 saturated heterocycles. The Morgan fingerprint density at radius 3 is 2.43 bits per heavy atom. The summed E-state index contributed by atoms with van der Waals surface area (Å²) in [6.45, 7) is 1.54. The fourth-order valence-corrected chi connectivity index (χ4v) is 3.28. The van der Waals surface area contributed by atoms with Crippen molar-refractivity contribution in [3.63, 3.8) is 0 Å². The van der Waals surface area contributed by atoms with Crippen molar-refractivity contribution in [3.05, 3.63) is 59.4 Å². The van der Waals surface area contributed by atoms with Gasteiger partial charge in [-0.1, -0.05) is 18.2 Å². The molecule has 0 saturated carbocycles. The Labute approximate surface area is 134 Å². The van der Waals surface area contributed by atoms with Gasteiger partial charge >= 0.3 is 5.97 Å². The number of hydrogen-bond acceptors (Lipinski definition) is 4. The summed E-state index contributed by atoms with van der Waals surface area (Å²) in [7, 11) is -1.50. The highest BCUT2D eigenvalue weighted by atomic mass is 32.2. The van der Waals surface area contributed by atoms with E-state index in [1.807, 2.05) is 0 Å². The summed E-state index contributed by atoms with van der Waals surface area (Å²) in [4.78, 5) is 11.6. The predicted octanol–water partition coefficient (Wildman–Crippen LogP) is 2.75. The van der Waals surface area contributed by atoms with Crippen LogP contribution in [0, 0.1) is 12.7 Å². The van der Waals surface area contributed by atoms with Crippen LogP contribution < -0.4 is 4.31 Å². The molecular formula is C16H16FNO4S. The average molecular weight is 337 g/mol. The van der Waals surface area contributed by atoms with E-state index in [1.165, 1.54) is 38.4 Å². The van der Waals surface area contributed by atoms with Gasteiger partial charge in [-0.05, 0) is 36.8 Å². The molecule has 0 aliphatic heterocycles. The second-order valence-electron chi connectivity index (χ2n) is 4.89. The van der Waals surface area contributed by atoms with E-state index in [0.717, 1.165) is 10.4 Å². The number of aryl methyl sites for hydroxylation is 1. The highest BCUT2D eigenvalue weighted by molar-refractivity contribution is 7.92. The van der Waals surface area contributed by atoms with E-state index in [1.54, 1.807) is 19.1 Å². The van der Waals surface area contributed by atoms with Crippen molar-refractivity contribution in [2.45, 2.75) is 11.8 Å². The van der Waals surface area contributed by atoms with Gasteiger partial charge in [0.15, 0.2) is 0 Å². The molecule has 5 nitrogen and oxygen atoms in total. The molecule has 7 heteroatoms. The minimum Gasteiger partial charge on any atom is -0.465 e. The van der Waals surface area contributed by atoms with E-state index in [2.05, 4.69) is 4.74 Å². The quantitative estimate of drug-likeness (QED) is 0.805.